The predicted octanol–water partition coefficient (Wildman–Crippen LogP) is 10.7. The summed E-state index contributed by atoms with van der Waals surface area (Å²) in [5.74, 6) is 0.738. The van der Waals surface area contributed by atoms with Crippen molar-refractivity contribution in [2.75, 3.05) is 0 Å². The second-order valence-corrected chi connectivity index (χ2v) is 11.8. The third-order valence-electron chi connectivity index (χ3n) is 8.26. The second kappa shape index (κ2) is 9.55. The number of hydrogen-bond donors (Lipinski definition) is 0. The summed E-state index contributed by atoms with van der Waals surface area (Å²) in [6, 6.07) is 48.8. The van der Waals surface area contributed by atoms with Gasteiger partial charge in [-0.3, -0.25) is 0 Å². The van der Waals surface area contributed by atoms with Crippen molar-refractivity contribution in [3.05, 3.63) is 140 Å². The molecule has 4 heteroatoms. The number of nitrogens with zero attached hydrogens (tertiary/aromatic N) is 3. The van der Waals surface area contributed by atoms with Crippen molar-refractivity contribution >= 4 is 64.1 Å². The molecule has 0 radical (unpaired) electrons. The molecule has 200 valence electrons. The molecule has 9 aromatic rings. The fourth-order valence-electron chi connectivity index (χ4n) is 6.33. The third-order valence-corrected chi connectivity index (χ3v) is 9.47. The van der Waals surface area contributed by atoms with Crippen LogP contribution in [0.5, 0.6) is 0 Å². The van der Waals surface area contributed by atoms with E-state index in [1.807, 2.05) is 35.6 Å². The fourth-order valence-corrected chi connectivity index (χ4v) is 7.56. The zero-order valence-electron chi connectivity index (χ0n) is 23.0. The van der Waals surface area contributed by atoms with E-state index in [0.29, 0.717) is 0 Å². The summed E-state index contributed by atoms with van der Waals surface area (Å²) >= 11 is 1.84. The number of thiophene rings is 1. The zero-order valence-corrected chi connectivity index (χ0v) is 23.8. The van der Waals surface area contributed by atoms with Gasteiger partial charge in [0.25, 0.3) is 0 Å². The van der Waals surface area contributed by atoms with Gasteiger partial charge in [-0.05, 0) is 18.2 Å². The van der Waals surface area contributed by atoms with E-state index < -0.39 is 0 Å². The Morgan fingerprint density at radius 1 is 0.395 bits per heavy atom. The molecule has 6 aromatic carbocycles. The molecule has 0 fully saturated rings. The van der Waals surface area contributed by atoms with Crippen LogP contribution in [0.4, 0.5) is 0 Å². The Balaban J connectivity index is 1.40. The zero-order chi connectivity index (χ0) is 28.3. The van der Waals surface area contributed by atoms with Crippen LogP contribution >= 0.6 is 11.3 Å². The lowest BCUT2D eigenvalue weighted by Crippen LogP contribution is -1.95. The average Bonchev–Trinajstić information content (AvgIpc) is 3.47. The molecule has 43 heavy (non-hydrogen) atoms. The molecule has 0 aliphatic carbocycles. The predicted molar refractivity (Wildman–Crippen MR) is 182 cm³/mol. The van der Waals surface area contributed by atoms with Crippen LogP contribution in [0.3, 0.4) is 0 Å². The van der Waals surface area contributed by atoms with Crippen molar-refractivity contribution in [3.8, 4) is 33.9 Å². The van der Waals surface area contributed by atoms with Crippen LogP contribution in [0.1, 0.15) is 0 Å². The minimum Gasteiger partial charge on any atom is -0.247 e. The molecule has 9 rings (SSSR count). The smallest absolute Gasteiger partial charge is 0.160 e. The van der Waals surface area contributed by atoms with Gasteiger partial charge in [0.2, 0.25) is 0 Å². The molecule has 0 aliphatic rings. The highest BCUT2D eigenvalue weighted by atomic mass is 32.1. The van der Waals surface area contributed by atoms with Crippen molar-refractivity contribution in [3.63, 3.8) is 0 Å². The van der Waals surface area contributed by atoms with E-state index >= 15 is 0 Å². The maximum Gasteiger partial charge on any atom is 0.160 e. The molecule has 0 amide bonds. The van der Waals surface area contributed by atoms with E-state index in [2.05, 4.69) is 115 Å². The van der Waals surface area contributed by atoms with Gasteiger partial charge in [0.05, 0.1) is 22.4 Å². The summed E-state index contributed by atoms with van der Waals surface area (Å²) in [5, 5.41) is 7.16. The number of fused-ring (bicyclic) bond motifs is 8. The molecule has 3 heterocycles. The van der Waals surface area contributed by atoms with Crippen LogP contribution in [-0.2, 0) is 0 Å². The molecule has 0 atom stereocenters. The number of aromatic nitrogens is 3. The normalized spacial score (nSPS) is 11.7. The Morgan fingerprint density at radius 2 is 1.05 bits per heavy atom. The number of pyridine rings is 1. The van der Waals surface area contributed by atoms with E-state index in [-0.39, 0.29) is 0 Å². The summed E-state index contributed by atoms with van der Waals surface area (Å²) in [6.45, 7) is 0. The standard InChI is InChI=1S/C39H23N3S/c1-3-12-24(13-4-1)36-28-22-23-33-35(34(28)26-16-7-9-20-31(26)40-36)29-18-11-19-30(38(29)43-33)37-27-17-8-10-21-32(27)41-39(42-37)25-14-5-2-6-15-25/h1-23H. The highest BCUT2D eigenvalue weighted by Crippen LogP contribution is 2.46. The number of rotatable bonds is 3. The molecule has 3 aromatic heterocycles. The van der Waals surface area contributed by atoms with Crippen molar-refractivity contribution in [1.82, 2.24) is 15.0 Å². The van der Waals surface area contributed by atoms with Gasteiger partial charge in [-0.25, -0.2) is 15.0 Å². The minimum absolute atomic E-state index is 0.738. The van der Waals surface area contributed by atoms with E-state index in [9.17, 15) is 0 Å². The Morgan fingerprint density at radius 3 is 1.84 bits per heavy atom. The summed E-state index contributed by atoms with van der Waals surface area (Å²) in [5.41, 5.74) is 7.19. The number of para-hydroxylation sites is 2. The first kappa shape index (κ1) is 24.2. The van der Waals surface area contributed by atoms with Crippen molar-refractivity contribution < 1.29 is 0 Å². The lowest BCUT2D eigenvalue weighted by Gasteiger charge is -2.12. The SMILES string of the molecule is c1ccc(-c2nc(-c3cccc4c3sc3ccc5c(-c6ccccc6)nc6ccccc6c5c34)c3ccccc3n2)cc1. The molecule has 3 nitrogen and oxygen atoms in total. The first-order chi connectivity index (χ1) is 21.3. The summed E-state index contributed by atoms with van der Waals surface area (Å²) in [7, 11) is 0. The lowest BCUT2D eigenvalue weighted by atomic mass is 9.95. The van der Waals surface area contributed by atoms with Gasteiger partial charge in [-0.2, -0.15) is 0 Å². The van der Waals surface area contributed by atoms with E-state index in [1.54, 1.807) is 0 Å². The fraction of sp³-hybridized carbons (Fsp3) is 0. The van der Waals surface area contributed by atoms with Gasteiger partial charge in [0, 0.05) is 58.4 Å². The highest BCUT2D eigenvalue weighted by Gasteiger charge is 2.20. The van der Waals surface area contributed by atoms with Gasteiger partial charge >= 0.3 is 0 Å². The van der Waals surface area contributed by atoms with Gasteiger partial charge in [-0.15, -0.1) is 11.3 Å². The van der Waals surface area contributed by atoms with Gasteiger partial charge < -0.3 is 0 Å². The Labute approximate surface area is 251 Å². The lowest BCUT2D eigenvalue weighted by molar-refractivity contribution is 1.23. The maximum absolute atomic E-state index is 5.21. The molecule has 0 saturated heterocycles. The molecule has 0 spiro atoms. The third kappa shape index (κ3) is 3.77. The van der Waals surface area contributed by atoms with Crippen molar-refractivity contribution in [2.45, 2.75) is 0 Å². The van der Waals surface area contributed by atoms with Crippen molar-refractivity contribution in [2.24, 2.45) is 0 Å². The molecule has 0 aliphatic heterocycles. The maximum atomic E-state index is 5.21. The van der Waals surface area contributed by atoms with Crippen LogP contribution in [0, 0.1) is 0 Å². The van der Waals surface area contributed by atoms with E-state index in [0.717, 1.165) is 50.3 Å². The molecule has 0 unspecified atom stereocenters. The monoisotopic (exact) mass is 565 g/mol. The number of benzene rings is 6. The van der Waals surface area contributed by atoms with Crippen LogP contribution in [0.2, 0.25) is 0 Å². The van der Waals surface area contributed by atoms with Gasteiger partial charge in [-0.1, -0.05) is 121 Å². The first-order valence-corrected chi connectivity index (χ1v) is 15.2. The molecular weight excluding hydrogens is 543 g/mol. The van der Waals surface area contributed by atoms with Gasteiger partial charge in [0.1, 0.15) is 0 Å². The minimum atomic E-state index is 0.738. The molecule has 0 N–H and O–H groups in total. The summed E-state index contributed by atoms with van der Waals surface area (Å²) in [6.07, 6.45) is 0. The van der Waals surface area contributed by atoms with Crippen LogP contribution in [-0.4, -0.2) is 15.0 Å². The Bertz CT molecular complexity index is 2500. The van der Waals surface area contributed by atoms with E-state index in [1.165, 1.54) is 36.3 Å². The topological polar surface area (TPSA) is 38.7 Å². The average molecular weight is 566 g/mol. The largest absolute Gasteiger partial charge is 0.247 e. The summed E-state index contributed by atoms with van der Waals surface area (Å²) in [4.78, 5) is 15.3. The van der Waals surface area contributed by atoms with Gasteiger partial charge in [0.15, 0.2) is 5.82 Å². The van der Waals surface area contributed by atoms with Crippen molar-refractivity contribution in [1.29, 1.82) is 0 Å². The van der Waals surface area contributed by atoms with Crippen LogP contribution < -0.4 is 0 Å². The quantitative estimate of drug-likeness (QED) is 0.200. The Hall–Kier alpha value is -5.45. The molecular formula is C39H23N3S. The first-order valence-electron chi connectivity index (χ1n) is 14.4. The van der Waals surface area contributed by atoms with E-state index in [4.69, 9.17) is 15.0 Å². The molecule has 0 saturated carbocycles. The summed E-state index contributed by atoms with van der Waals surface area (Å²) < 4.78 is 2.49. The van der Waals surface area contributed by atoms with Crippen LogP contribution in [0.15, 0.2) is 140 Å². The second-order valence-electron chi connectivity index (χ2n) is 10.8. The molecule has 0 bridgehead atoms. The number of hydrogen-bond acceptors (Lipinski definition) is 4. The highest BCUT2D eigenvalue weighted by molar-refractivity contribution is 7.26. The Kier molecular flexibility index (Phi) is 5.37. The van der Waals surface area contributed by atoms with Crippen LogP contribution in [0.25, 0.3) is 86.7 Å².